The predicted octanol–water partition coefficient (Wildman–Crippen LogP) is 4.96. The molecule has 0 radical (unpaired) electrons. The molecule has 1 amide bonds. The number of nitrogens with zero attached hydrogens (tertiary/aromatic N) is 1. The second kappa shape index (κ2) is 8.72. The van der Waals surface area contributed by atoms with Gasteiger partial charge < -0.3 is 5.32 Å². The van der Waals surface area contributed by atoms with Crippen molar-refractivity contribution in [2.45, 2.75) is 12.8 Å². The third-order valence-corrected chi connectivity index (χ3v) is 3.88. The van der Waals surface area contributed by atoms with E-state index in [2.05, 4.69) is 10.3 Å². The number of hydrogen-bond acceptors (Lipinski definition) is 2. The maximum absolute atomic E-state index is 13.6. The van der Waals surface area contributed by atoms with Crippen LogP contribution in [0.3, 0.4) is 0 Å². The normalized spacial score (nSPS) is 10.8. The molecule has 0 saturated heterocycles. The molecule has 3 rings (SSSR count). The van der Waals surface area contributed by atoms with Gasteiger partial charge in [0.2, 0.25) is 5.91 Å². The monoisotopic (exact) mass is 346 g/mol. The third-order valence-electron chi connectivity index (χ3n) is 3.88. The van der Waals surface area contributed by atoms with Crippen molar-refractivity contribution in [1.29, 1.82) is 0 Å². The Hall–Kier alpha value is -3.27. The molecule has 0 atom stereocenters. The van der Waals surface area contributed by atoms with E-state index in [-0.39, 0.29) is 18.1 Å². The van der Waals surface area contributed by atoms with Crippen molar-refractivity contribution in [3.63, 3.8) is 0 Å². The summed E-state index contributed by atoms with van der Waals surface area (Å²) in [6.07, 6.45) is 6.20. The molecule has 0 fully saturated rings. The van der Waals surface area contributed by atoms with Crippen molar-refractivity contribution in [2.75, 3.05) is 5.32 Å². The molecule has 0 unspecified atom stereocenters. The summed E-state index contributed by atoms with van der Waals surface area (Å²) in [5, 5.41) is 2.86. The van der Waals surface area contributed by atoms with Crippen LogP contribution in [0.15, 0.2) is 72.9 Å². The van der Waals surface area contributed by atoms with Crippen LogP contribution in [0.2, 0.25) is 0 Å². The van der Waals surface area contributed by atoms with Crippen LogP contribution in [0, 0.1) is 5.82 Å². The van der Waals surface area contributed by atoms with Crippen LogP contribution in [0.4, 0.5) is 10.1 Å². The molecule has 1 N–H and O–H groups in total. The summed E-state index contributed by atoms with van der Waals surface area (Å²) in [4.78, 5) is 16.4. The Morgan fingerprint density at radius 3 is 2.65 bits per heavy atom. The van der Waals surface area contributed by atoms with E-state index in [1.165, 1.54) is 6.07 Å². The minimum atomic E-state index is -0.276. The van der Waals surface area contributed by atoms with Crippen LogP contribution in [0.5, 0.6) is 0 Å². The van der Waals surface area contributed by atoms with Crippen molar-refractivity contribution in [2.24, 2.45) is 0 Å². The van der Waals surface area contributed by atoms with Gasteiger partial charge in [-0.3, -0.25) is 9.78 Å². The van der Waals surface area contributed by atoms with Crippen LogP contribution in [-0.4, -0.2) is 10.9 Å². The molecule has 3 aromatic rings. The van der Waals surface area contributed by atoms with Gasteiger partial charge in [0.1, 0.15) is 5.82 Å². The second-order valence-corrected chi connectivity index (χ2v) is 5.85. The Morgan fingerprint density at radius 2 is 1.85 bits per heavy atom. The average molecular weight is 346 g/mol. The zero-order valence-electron chi connectivity index (χ0n) is 14.2. The average Bonchev–Trinajstić information content (AvgIpc) is 2.67. The lowest BCUT2D eigenvalue weighted by Gasteiger charge is -2.07. The van der Waals surface area contributed by atoms with Crippen molar-refractivity contribution < 1.29 is 9.18 Å². The van der Waals surface area contributed by atoms with Gasteiger partial charge in [-0.05, 0) is 54.0 Å². The van der Waals surface area contributed by atoms with E-state index < -0.39 is 0 Å². The number of rotatable bonds is 6. The van der Waals surface area contributed by atoms with Crippen LogP contribution < -0.4 is 5.32 Å². The van der Waals surface area contributed by atoms with Crippen LogP contribution in [0.25, 0.3) is 12.2 Å². The number of nitrogens with one attached hydrogen (secondary N) is 1. The van der Waals surface area contributed by atoms with E-state index in [0.717, 1.165) is 11.3 Å². The van der Waals surface area contributed by atoms with Gasteiger partial charge in [0.05, 0.1) is 5.69 Å². The molecule has 3 nitrogen and oxygen atoms in total. The first-order valence-corrected chi connectivity index (χ1v) is 8.43. The largest absolute Gasteiger partial charge is 0.326 e. The first kappa shape index (κ1) is 17.5. The van der Waals surface area contributed by atoms with Gasteiger partial charge in [-0.2, -0.15) is 0 Å². The van der Waals surface area contributed by atoms with Gasteiger partial charge >= 0.3 is 0 Å². The highest BCUT2D eigenvalue weighted by molar-refractivity contribution is 5.91. The quantitative estimate of drug-likeness (QED) is 0.685. The zero-order valence-corrected chi connectivity index (χ0v) is 14.2. The van der Waals surface area contributed by atoms with Crippen molar-refractivity contribution in [3.8, 4) is 0 Å². The number of anilines is 1. The summed E-state index contributed by atoms with van der Waals surface area (Å²) in [6.45, 7) is 0. The molecule has 0 spiro atoms. The summed E-state index contributed by atoms with van der Waals surface area (Å²) in [6, 6.07) is 19.8. The maximum atomic E-state index is 13.6. The molecule has 2 aromatic carbocycles. The Bertz CT molecular complexity index is 907. The van der Waals surface area contributed by atoms with Crippen molar-refractivity contribution >= 4 is 23.7 Å². The molecule has 0 saturated carbocycles. The fourth-order valence-electron chi connectivity index (χ4n) is 2.55. The minimum Gasteiger partial charge on any atom is -0.326 e. The Balaban J connectivity index is 1.59. The van der Waals surface area contributed by atoms with E-state index in [1.807, 2.05) is 54.6 Å². The number of carbonyl (C=O) groups is 1. The lowest BCUT2D eigenvalue weighted by molar-refractivity contribution is -0.116. The molecule has 1 heterocycles. The standard InChI is InChI=1S/C22H19FN2O/c23-21-10-2-1-7-18(21)12-14-22(26)25-20-9-5-6-17(16-20)11-13-19-8-3-4-15-24-19/h1-11,13,15-16H,12,14H2,(H,25,26). The van der Waals surface area contributed by atoms with Gasteiger partial charge in [-0.1, -0.05) is 42.5 Å². The molecule has 4 heteroatoms. The molecule has 130 valence electrons. The summed E-state index contributed by atoms with van der Waals surface area (Å²) >= 11 is 0. The highest BCUT2D eigenvalue weighted by atomic mass is 19.1. The van der Waals surface area contributed by atoms with Gasteiger partial charge in [0.15, 0.2) is 0 Å². The molecule has 0 aliphatic carbocycles. The third kappa shape index (κ3) is 5.11. The lowest BCUT2D eigenvalue weighted by Crippen LogP contribution is -2.12. The van der Waals surface area contributed by atoms with Crippen molar-refractivity contribution in [3.05, 3.63) is 95.6 Å². The first-order chi connectivity index (χ1) is 12.7. The Kier molecular flexibility index (Phi) is 5.88. The highest BCUT2D eigenvalue weighted by Gasteiger charge is 2.06. The minimum absolute atomic E-state index is 0.140. The molecule has 0 aliphatic rings. The number of amides is 1. The summed E-state index contributed by atoms with van der Waals surface area (Å²) in [5.74, 6) is -0.416. The van der Waals surface area contributed by atoms with E-state index in [9.17, 15) is 9.18 Å². The number of carbonyl (C=O) groups excluding carboxylic acids is 1. The van der Waals surface area contributed by atoms with Gasteiger partial charge in [-0.25, -0.2) is 4.39 Å². The second-order valence-electron chi connectivity index (χ2n) is 5.85. The molecular weight excluding hydrogens is 327 g/mol. The van der Waals surface area contributed by atoms with Gasteiger partial charge in [0.25, 0.3) is 0 Å². The fourth-order valence-corrected chi connectivity index (χ4v) is 2.55. The van der Waals surface area contributed by atoms with E-state index >= 15 is 0 Å². The lowest BCUT2D eigenvalue weighted by atomic mass is 10.1. The smallest absolute Gasteiger partial charge is 0.224 e. The van der Waals surface area contributed by atoms with E-state index in [0.29, 0.717) is 17.7 Å². The molecule has 26 heavy (non-hydrogen) atoms. The number of aromatic nitrogens is 1. The predicted molar refractivity (Wildman–Crippen MR) is 103 cm³/mol. The Morgan fingerprint density at radius 1 is 1.00 bits per heavy atom. The Labute approximate surface area is 152 Å². The molecular formula is C22H19FN2O. The number of hydrogen-bond donors (Lipinski definition) is 1. The number of pyridine rings is 1. The molecule has 0 aliphatic heterocycles. The van der Waals surface area contributed by atoms with Gasteiger partial charge in [0, 0.05) is 18.3 Å². The number of halogens is 1. The number of aryl methyl sites for hydroxylation is 1. The van der Waals surface area contributed by atoms with Gasteiger partial charge in [-0.15, -0.1) is 0 Å². The number of benzene rings is 2. The highest BCUT2D eigenvalue weighted by Crippen LogP contribution is 2.15. The summed E-state index contributed by atoms with van der Waals surface area (Å²) in [7, 11) is 0. The molecule has 1 aromatic heterocycles. The fraction of sp³-hybridized carbons (Fsp3) is 0.0909. The molecule has 0 bridgehead atoms. The summed E-state index contributed by atoms with van der Waals surface area (Å²) < 4.78 is 13.6. The topological polar surface area (TPSA) is 42.0 Å². The van der Waals surface area contributed by atoms with Crippen LogP contribution in [0.1, 0.15) is 23.2 Å². The van der Waals surface area contributed by atoms with Crippen LogP contribution >= 0.6 is 0 Å². The van der Waals surface area contributed by atoms with Crippen LogP contribution in [-0.2, 0) is 11.2 Å². The van der Waals surface area contributed by atoms with E-state index in [1.54, 1.807) is 24.4 Å². The maximum Gasteiger partial charge on any atom is 0.224 e. The van der Waals surface area contributed by atoms with Crippen molar-refractivity contribution in [1.82, 2.24) is 4.98 Å². The van der Waals surface area contributed by atoms with E-state index in [4.69, 9.17) is 0 Å². The first-order valence-electron chi connectivity index (χ1n) is 8.43. The zero-order chi connectivity index (χ0) is 18.2. The SMILES string of the molecule is O=C(CCc1ccccc1F)Nc1cccc(C=Cc2ccccn2)c1. The summed E-state index contributed by atoms with van der Waals surface area (Å²) in [5.41, 5.74) is 3.09.